The lowest BCUT2D eigenvalue weighted by atomic mass is 10.1. The second kappa shape index (κ2) is 11.4. The van der Waals surface area contributed by atoms with Crippen LogP contribution in [0.15, 0.2) is 30.3 Å². The van der Waals surface area contributed by atoms with E-state index in [0.29, 0.717) is 53.3 Å². The van der Waals surface area contributed by atoms with Crippen LogP contribution in [0.4, 0.5) is 5.69 Å². The number of nitrogens with one attached hydrogen (secondary N) is 1. The highest BCUT2D eigenvalue weighted by atomic mass is 35.5. The predicted molar refractivity (Wildman–Crippen MR) is 136 cm³/mol. The number of nitrogens with zero attached hydrogens (tertiary/aromatic N) is 3. The van der Waals surface area contributed by atoms with Crippen LogP contribution < -0.4 is 19.5 Å². The lowest BCUT2D eigenvalue weighted by Gasteiger charge is -2.17. The monoisotopic (exact) mass is 498 g/mol. The highest BCUT2D eigenvalue weighted by Gasteiger charge is 2.21. The number of amides is 1. The fraction of sp³-hybridized carbons (Fsp3) is 0.423. The van der Waals surface area contributed by atoms with Gasteiger partial charge in [-0.3, -0.25) is 4.79 Å². The molecule has 1 aliphatic rings. The zero-order chi connectivity index (χ0) is 24.8. The molecule has 0 saturated heterocycles. The first-order chi connectivity index (χ1) is 17.0. The summed E-state index contributed by atoms with van der Waals surface area (Å²) in [5.74, 6) is 2.82. The summed E-state index contributed by atoms with van der Waals surface area (Å²) >= 11 is 6.54. The molecule has 2 aromatic carbocycles. The van der Waals surface area contributed by atoms with E-state index in [1.165, 1.54) is 6.42 Å². The summed E-state index contributed by atoms with van der Waals surface area (Å²) in [6.45, 7) is 7.81. The molecule has 3 aromatic rings. The van der Waals surface area contributed by atoms with Crippen LogP contribution in [0, 0.1) is 0 Å². The standard InChI is InChI=1S/C26H31ClN4O4/c1-4-33-21-14-17(15-22(34-5-2)24(21)35-6-3)26(32)28-18-11-12-20(27)19(16-18)25-30-29-23-10-8-7-9-13-31(23)25/h11-12,14-16H,4-10,13H2,1-3H3,(H,28,32). The summed E-state index contributed by atoms with van der Waals surface area (Å²) in [5.41, 5.74) is 1.74. The number of aromatic nitrogens is 3. The maximum atomic E-state index is 13.2. The molecule has 0 saturated carbocycles. The molecule has 0 spiro atoms. The van der Waals surface area contributed by atoms with Crippen LogP contribution in [0.1, 0.15) is 56.2 Å². The van der Waals surface area contributed by atoms with Crippen molar-refractivity contribution in [3.8, 4) is 28.6 Å². The molecule has 8 nitrogen and oxygen atoms in total. The summed E-state index contributed by atoms with van der Waals surface area (Å²) in [6, 6.07) is 8.71. The Balaban J connectivity index is 1.64. The SMILES string of the molecule is CCOc1cc(C(=O)Nc2ccc(Cl)c(-c3nnc4n3CCCCC4)c2)cc(OCC)c1OCC. The summed E-state index contributed by atoms with van der Waals surface area (Å²) in [4.78, 5) is 13.2. The van der Waals surface area contributed by atoms with Gasteiger partial charge in [-0.2, -0.15) is 0 Å². The maximum Gasteiger partial charge on any atom is 0.255 e. The number of carbonyl (C=O) groups is 1. The van der Waals surface area contributed by atoms with Crippen molar-refractivity contribution >= 4 is 23.2 Å². The molecule has 9 heteroatoms. The molecule has 4 rings (SSSR count). The van der Waals surface area contributed by atoms with Crippen molar-refractivity contribution < 1.29 is 19.0 Å². The lowest BCUT2D eigenvalue weighted by molar-refractivity contribution is 0.102. The van der Waals surface area contributed by atoms with E-state index in [0.717, 1.165) is 43.0 Å². The second-order valence-corrected chi connectivity index (χ2v) is 8.56. The molecule has 0 unspecified atom stereocenters. The smallest absolute Gasteiger partial charge is 0.255 e. The average Bonchev–Trinajstić information content (AvgIpc) is 3.09. The highest BCUT2D eigenvalue weighted by molar-refractivity contribution is 6.33. The minimum Gasteiger partial charge on any atom is -0.490 e. The number of hydrogen-bond donors (Lipinski definition) is 1. The Hall–Kier alpha value is -3.26. The topological polar surface area (TPSA) is 87.5 Å². The Bertz CT molecular complexity index is 1170. The van der Waals surface area contributed by atoms with Crippen molar-refractivity contribution in [2.75, 3.05) is 25.1 Å². The molecule has 1 aromatic heterocycles. The Kier molecular flexibility index (Phi) is 8.13. The van der Waals surface area contributed by atoms with Gasteiger partial charge in [0.25, 0.3) is 5.91 Å². The van der Waals surface area contributed by atoms with Gasteiger partial charge in [-0.15, -0.1) is 10.2 Å². The van der Waals surface area contributed by atoms with Crippen LogP contribution in [0.2, 0.25) is 5.02 Å². The van der Waals surface area contributed by atoms with Crippen LogP contribution >= 0.6 is 11.6 Å². The lowest BCUT2D eigenvalue weighted by Crippen LogP contribution is -2.13. The molecule has 186 valence electrons. The van der Waals surface area contributed by atoms with Crippen molar-refractivity contribution in [3.05, 3.63) is 46.7 Å². The van der Waals surface area contributed by atoms with Gasteiger partial charge in [-0.25, -0.2) is 0 Å². The molecule has 0 fully saturated rings. The zero-order valence-corrected chi connectivity index (χ0v) is 21.2. The normalized spacial score (nSPS) is 13.0. The third-order valence-electron chi connectivity index (χ3n) is 5.75. The summed E-state index contributed by atoms with van der Waals surface area (Å²) in [6.07, 6.45) is 4.26. The predicted octanol–water partition coefficient (Wildman–Crippen LogP) is 5.77. The number of benzene rings is 2. The molecule has 2 heterocycles. The Morgan fingerprint density at radius 2 is 1.69 bits per heavy atom. The minimum atomic E-state index is -0.303. The molecule has 35 heavy (non-hydrogen) atoms. The van der Waals surface area contributed by atoms with Gasteiger partial charge >= 0.3 is 0 Å². The number of halogens is 1. The zero-order valence-electron chi connectivity index (χ0n) is 20.4. The number of rotatable bonds is 9. The van der Waals surface area contributed by atoms with Crippen molar-refractivity contribution in [2.45, 2.75) is 53.0 Å². The molecule has 0 aliphatic carbocycles. The van der Waals surface area contributed by atoms with Crippen LogP contribution in [-0.2, 0) is 13.0 Å². The molecule has 1 amide bonds. The maximum absolute atomic E-state index is 13.2. The Morgan fingerprint density at radius 3 is 2.37 bits per heavy atom. The van der Waals surface area contributed by atoms with E-state index < -0.39 is 0 Å². The first-order valence-corrected chi connectivity index (χ1v) is 12.5. The van der Waals surface area contributed by atoms with E-state index in [1.807, 2.05) is 26.8 Å². The van der Waals surface area contributed by atoms with E-state index in [-0.39, 0.29) is 5.91 Å². The average molecular weight is 499 g/mol. The Morgan fingerprint density at radius 1 is 0.971 bits per heavy atom. The minimum absolute atomic E-state index is 0.303. The molecular weight excluding hydrogens is 468 g/mol. The van der Waals surface area contributed by atoms with Crippen molar-refractivity contribution in [2.24, 2.45) is 0 Å². The van der Waals surface area contributed by atoms with Gasteiger partial charge in [0.15, 0.2) is 17.3 Å². The van der Waals surface area contributed by atoms with E-state index in [1.54, 1.807) is 24.3 Å². The molecule has 1 aliphatic heterocycles. The number of fused-ring (bicyclic) bond motifs is 1. The molecule has 1 N–H and O–H groups in total. The summed E-state index contributed by atoms with van der Waals surface area (Å²) < 4.78 is 19.4. The van der Waals surface area contributed by atoms with Crippen molar-refractivity contribution in [1.82, 2.24) is 14.8 Å². The quantitative estimate of drug-likeness (QED) is 0.402. The highest BCUT2D eigenvalue weighted by Crippen LogP contribution is 2.39. The molecule has 0 bridgehead atoms. The number of hydrogen-bond acceptors (Lipinski definition) is 6. The first kappa shape index (κ1) is 24.9. The number of aryl methyl sites for hydroxylation is 1. The molecule has 0 atom stereocenters. The van der Waals surface area contributed by atoms with Crippen LogP contribution in [0.5, 0.6) is 17.2 Å². The second-order valence-electron chi connectivity index (χ2n) is 8.15. The molecule has 0 radical (unpaired) electrons. The fourth-order valence-electron chi connectivity index (χ4n) is 4.18. The van der Waals surface area contributed by atoms with Crippen LogP contribution in [-0.4, -0.2) is 40.5 Å². The summed E-state index contributed by atoms with van der Waals surface area (Å²) in [7, 11) is 0. The Labute approximate surface area is 210 Å². The van der Waals surface area contributed by atoms with Gasteiger partial charge in [0.1, 0.15) is 5.82 Å². The van der Waals surface area contributed by atoms with E-state index >= 15 is 0 Å². The van der Waals surface area contributed by atoms with E-state index in [2.05, 4.69) is 20.1 Å². The van der Waals surface area contributed by atoms with Gasteiger partial charge in [-0.05, 0) is 63.9 Å². The number of carbonyl (C=O) groups excluding carboxylic acids is 1. The van der Waals surface area contributed by atoms with E-state index in [4.69, 9.17) is 25.8 Å². The fourth-order valence-corrected chi connectivity index (χ4v) is 4.38. The number of ether oxygens (including phenoxy) is 3. The molecular formula is C26H31ClN4O4. The van der Waals surface area contributed by atoms with Crippen molar-refractivity contribution in [1.29, 1.82) is 0 Å². The van der Waals surface area contributed by atoms with Gasteiger partial charge in [0.05, 0.1) is 24.8 Å². The third-order valence-corrected chi connectivity index (χ3v) is 6.08. The van der Waals surface area contributed by atoms with Gasteiger partial charge < -0.3 is 24.1 Å². The van der Waals surface area contributed by atoms with E-state index in [9.17, 15) is 4.79 Å². The van der Waals surface area contributed by atoms with Crippen molar-refractivity contribution in [3.63, 3.8) is 0 Å². The first-order valence-electron chi connectivity index (χ1n) is 12.1. The number of anilines is 1. The van der Waals surface area contributed by atoms with Gasteiger partial charge in [-0.1, -0.05) is 18.0 Å². The third kappa shape index (κ3) is 5.53. The summed E-state index contributed by atoms with van der Waals surface area (Å²) in [5, 5.41) is 12.3. The van der Waals surface area contributed by atoms with Crippen LogP contribution in [0.3, 0.4) is 0 Å². The van der Waals surface area contributed by atoms with Gasteiger partial charge in [0.2, 0.25) is 5.75 Å². The largest absolute Gasteiger partial charge is 0.490 e. The van der Waals surface area contributed by atoms with Crippen LogP contribution in [0.25, 0.3) is 11.4 Å². The van der Waals surface area contributed by atoms with Gasteiger partial charge in [0, 0.05) is 29.8 Å².